The molecule has 2 N–H and O–H groups in total. The fourth-order valence-corrected chi connectivity index (χ4v) is 2.77. The van der Waals surface area contributed by atoms with Crippen molar-refractivity contribution in [2.45, 2.75) is 19.9 Å². The maximum Gasteiger partial charge on any atom is 0.257 e. The van der Waals surface area contributed by atoms with Crippen molar-refractivity contribution in [3.05, 3.63) is 23.8 Å². The molecule has 0 aromatic heterocycles. The van der Waals surface area contributed by atoms with Crippen LogP contribution in [0, 0.1) is 0 Å². The number of carbonyl (C=O) groups excluding carboxylic acids is 1. The molecule has 1 saturated heterocycles. The molecule has 1 amide bonds. The Morgan fingerprint density at radius 3 is 2.80 bits per heavy atom. The van der Waals surface area contributed by atoms with Crippen molar-refractivity contribution in [1.82, 2.24) is 9.80 Å². The van der Waals surface area contributed by atoms with Gasteiger partial charge < -0.3 is 15.4 Å². The molecule has 0 radical (unpaired) electrons. The predicted molar refractivity (Wildman–Crippen MR) is 80.0 cm³/mol. The maximum absolute atomic E-state index is 12.6. The molecule has 0 spiro atoms. The molecule has 1 aromatic carbocycles. The SMILES string of the molecule is CCN1CCN(C(=O)c2cccc(N)c2OC)CC1C. The van der Waals surface area contributed by atoms with Gasteiger partial charge in [-0.1, -0.05) is 13.0 Å². The third-order valence-corrected chi connectivity index (χ3v) is 3.94. The Balaban J connectivity index is 2.18. The summed E-state index contributed by atoms with van der Waals surface area (Å²) < 4.78 is 5.27. The zero-order chi connectivity index (χ0) is 14.7. The van der Waals surface area contributed by atoms with Crippen molar-refractivity contribution in [3.63, 3.8) is 0 Å². The fraction of sp³-hybridized carbons (Fsp3) is 0.533. The lowest BCUT2D eigenvalue weighted by molar-refractivity contribution is 0.0525. The van der Waals surface area contributed by atoms with Crippen molar-refractivity contribution in [1.29, 1.82) is 0 Å². The van der Waals surface area contributed by atoms with Crippen LogP contribution in [-0.2, 0) is 0 Å². The molecule has 1 fully saturated rings. The number of carbonyl (C=O) groups is 1. The average Bonchev–Trinajstić information content (AvgIpc) is 2.46. The molecule has 110 valence electrons. The highest BCUT2D eigenvalue weighted by molar-refractivity contribution is 5.98. The Hall–Kier alpha value is -1.75. The minimum absolute atomic E-state index is 0.00301. The van der Waals surface area contributed by atoms with E-state index in [1.165, 1.54) is 0 Å². The summed E-state index contributed by atoms with van der Waals surface area (Å²) in [6, 6.07) is 5.68. The smallest absolute Gasteiger partial charge is 0.257 e. The van der Waals surface area contributed by atoms with Gasteiger partial charge in [-0.3, -0.25) is 9.69 Å². The van der Waals surface area contributed by atoms with Gasteiger partial charge in [0, 0.05) is 25.7 Å². The van der Waals surface area contributed by atoms with Gasteiger partial charge in [0.2, 0.25) is 0 Å². The van der Waals surface area contributed by atoms with Gasteiger partial charge in [0.15, 0.2) is 5.75 Å². The van der Waals surface area contributed by atoms with Crippen LogP contribution < -0.4 is 10.5 Å². The summed E-state index contributed by atoms with van der Waals surface area (Å²) in [5.41, 5.74) is 6.91. The van der Waals surface area contributed by atoms with E-state index in [2.05, 4.69) is 18.7 Å². The number of anilines is 1. The van der Waals surface area contributed by atoms with Crippen LogP contribution in [0.15, 0.2) is 18.2 Å². The van der Waals surface area contributed by atoms with Gasteiger partial charge in [-0.25, -0.2) is 0 Å². The summed E-state index contributed by atoms with van der Waals surface area (Å²) in [7, 11) is 1.54. The zero-order valence-electron chi connectivity index (χ0n) is 12.4. The predicted octanol–water partition coefficient (Wildman–Crippen LogP) is 1.44. The third kappa shape index (κ3) is 2.72. The first kappa shape index (κ1) is 14.7. The lowest BCUT2D eigenvalue weighted by atomic mass is 10.1. The molecule has 1 unspecified atom stereocenters. The van der Waals surface area contributed by atoms with E-state index in [9.17, 15) is 4.79 Å². The molecule has 0 bridgehead atoms. The van der Waals surface area contributed by atoms with Gasteiger partial charge in [0.25, 0.3) is 5.91 Å². The molecule has 0 aliphatic carbocycles. The van der Waals surface area contributed by atoms with Crippen LogP contribution in [0.3, 0.4) is 0 Å². The van der Waals surface area contributed by atoms with E-state index < -0.39 is 0 Å². The first-order chi connectivity index (χ1) is 9.58. The molecule has 1 aliphatic heterocycles. The number of ether oxygens (including phenoxy) is 1. The van der Waals surface area contributed by atoms with Crippen molar-refractivity contribution in [2.75, 3.05) is 39.0 Å². The second-order valence-corrected chi connectivity index (χ2v) is 5.16. The summed E-state index contributed by atoms with van der Waals surface area (Å²) in [5, 5.41) is 0. The van der Waals surface area contributed by atoms with Crippen LogP contribution in [0.4, 0.5) is 5.69 Å². The summed E-state index contributed by atoms with van der Waals surface area (Å²) in [6.07, 6.45) is 0. The van der Waals surface area contributed by atoms with E-state index in [0.29, 0.717) is 23.0 Å². The number of hydrogen-bond acceptors (Lipinski definition) is 4. The first-order valence-electron chi connectivity index (χ1n) is 7.04. The topological polar surface area (TPSA) is 58.8 Å². The molecule has 2 rings (SSSR count). The Kier molecular flexibility index (Phi) is 4.49. The monoisotopic (exact) mass is 277 g/mol. The highest BCUT2D eigenvalue weighted by Crippen LogP contribution is 2.27. The number of rotatable bonds is 3. The van der Waals surface area contributed by atoms with Gasteiger partial charge in [-0.15, -0.1) is 0 Å². The molecule has 1 atom stereocenters. The number of nitrogens with two attached hydrogens (primary N) is 1. The first-order valence-corrected chi connectivity index (χ1v) is 7.04. The number of methoxy groups -OCH3 is 1. The van der Waals surface area contributed by atoms with E-state index in [0.717, 1.165) is 26.2 Å². The lowest BCUT2D eigenvalue weighted by Crippen LogP contribution is -2.53. The summed E-state index contributed by atoms with van der Waals surface area (Å²) in [5.74, 6) is 0.472. The van der Waals surface area contributed by atoms with Gasteiger partial charge in [0.1, 0.15) is 0 Å². The van der Waals surface area contributed by atoms with Crippen LogP contribution in [0.5, 0.6) is 5.75 Å². The second kappa shape index (κ2) is 6.13. The number of hydrogen-bond donors (Lipinski definition) is 1. The Bertz CT molecular complexity index is 490. The Labute approximate surface area is 120 Å². The van der Waals surface area contributed by atoms with Gasteiger partial charge in [-0.05, 0) is 25.6 Å². The van der Waals surface area contributed by atoms with E-state index in [4.69, 9.17) is 10.5 Å². The number of likely N-dealkylation sites (N-methyl/N-ethyl adjacent to an activating group) is 1. The summed E-state index contributed by atoms with van der Waals surface area (Å²) in [6.45, 7) is 7.72. The molecule has 1 aromatic rings. The molecule has 1 aliphatic rings. The highest BCUT2D eigenvalue weighted by atomic mass is 16.5. The van der Waals surface area contributed by atoms with Crippen molar-refractivity contribution in [3.8, 4) is 5.75 Å². The Morgan fingerprint density at radius 2 is 2.20 bits per heavy atom. The average molecular weight is 277 g/mol. The molecule has 5 heteroatoms. The van der Waals surface area contributed by atoms with Gasteiger partial charge in [0.05, 0.1) is 18.4 Å². The minimum atomic E-state index is -0.00301. The lowest BCUT2D eigenvalue weighted by Gasteiger charge is -2.39. The maximum atomic E-state index is 12.6. The van der Waals surface area contributed by atoms with Gasteiger partial charge >= 0.3 is 0 Å². The second-order valence-electron chi connectivity index (χ2n) is 5.16. The number of piperazine rings is 1. The quantitative estimate of drug-likeness (QED) is 0.849. The summed E-state index contributed by atoms with van der Waals surface area (Å²) >= 11 is 0. The van der Waals surface area contributed by atoms with E-state index in [1.807, 2.05) is 4.90 Å². The van der Waals surface area contributed by atoms with Crippen molar-refractivity contribution >= 4 is 11.6 Å². The van der Waals surface area contributed by atoms with Crippen LogP contribution in [0.1, 0.15) is 24.2 Å². The van der Waals surface area contributed by atoms with Crippen LogP contribution >= 0.6 is 0 Å². The third-order valence-electron chi connectivity index (χ3n) is 3.94. The van der Waals surface area contributed by atoms with E-state index in [1.54, 1.807) is 25.3 Å². The summed E-state index contributed by atoms with van der Waals surface area (Å²) in [4.78, 5) is 16.9. The van der Waals surface area contributed by atoms with Crippen molar-refractivity contribution in [2.24, 2.45) is 0 Å². The number of nitrogen functional groups attached to an aromatic ring is 1. The van der Waals surface area contributed by atoms with E-state index in [-0.39, 0.29) is 5.91 Å². The normalized spacial score (nSPS) is 19.9. The molecular formula is C15H23N3O2. The van der Waals surface area contributed by atoms with Crippen molar-refractivity contribution < 1.29 is 9.53 Å². The van der Waals surface area contributed by atoms with Crippen LogP contribution in [0.2, 0.25) is 0 Å². The number of benzene rings is 1. The zero-order valence-corrected chi connectivity index (χ0v) is 12.4. The fourth-order valence-electron chi connectivity index (χ4n) is 2.77. The molecular weight excluding hydrogens is 254 g/mol. The molecule has 0 saturated carbocycles. The molecule has 5 nitrogen and oxygen atoms in total. The highest BCUT2D eigenvalue weighted by Gasteiger charge is 2.28. The largest absolute Gasteiger partial charge is 0.494 e. The number of para-hydroxylation sites is 1. The standard InChI is InChI=1S/C15H23N3O2/c1-4-17-8-9-18(10-11(17)2)15(19)12-6-5-7-13(16)14(12)20-3/h5-7,11H,4,8-10,16H2,1-3H3. The Morgan fingerprint density at radius 1 is 1.45 bits per heavy atom. The number of amides is 1. The molecule has 20 heavy (non-hydrogen) atoms. The van der Waals surface area contributed by atoms with Gasteiger partial charge in [-0.2, -0.15) is 0 Å². The molecule has 1 heterocycles. The van der Waals surface area contributed by atoms with E-state index >= 15 is 0 Å². The van der Waals surface area contributed by atoms with Crippen LogP contribution in [-0.4, -0.2) is 55.0 Å². The minimum Gasteiger partial charge on any atom is -0.494 e. The number of nitrogens with zero attached hydrogens (tertiary/aromatic N) is 2. The van der Waals surface area contributed by atoms with Crippen LogP contribution in [0.25, 0.3) is 0 Å².